The van der Waals surface area contributed by atoms with E-state index in [0.717, 1.165) is 35.5 Å². The van der Waals surface area contributed by atoms with E-state index in [9.17, 15) is 14.4 Å². The van der Waals surface area contributed by atoms with Gasteiger partial charge in [0.15, 0.2) is 0 Å². The monoisotopic (exact) mass is 756 g/mol. The summed E-state index contributed by atoms with van der Waals surface area (Å²) in [7, 11) is 0. The highest BCUT2D eigenvalue weighted by Crippen LogP contribution is 2.23. The van der Waals surface area contributed by atoms with E-state index in [1.165, 1.54) is 0 Å². The number of rotatable bonds is 11. The van der Waals surface area contributed by atoms with Crippen LogP contribution in [0.4, 0.5) is 4.79 Å². The second kappa shape index (κ2) is 20.4. The van der Waals surface area contributed by atoms with Crippen molar-refractivity contribution in [1.29, 1.82) is 0 Å². The molecule has 2 aromatic heterocycles. The normalized spacial score (nSPS) is 15.7. The summed E-state index contributed by atoms with van der Waals surface area (Å²) >= 11 is 0. The number of alkyl carbamates (subject to hydrolysis) is 1. The van der Waals surface area contributed by atoms with Crippen molar-refractivity contribution in [2.24, 2.45) is 5.73 Å². The fraction of sp³-hybridized carbons (Fsp3) is 0.295. The van der Waals surface area contributed by atoms with Gasteiger partial charge >= 0.3 is 6.09 Å². The van der Waals surface area contributed by atoms with E-state index in [4.69, 9.17) is 19.9 Å². The Kier molecular flexibility index (Phi) is 14.4. The number of likely N-dealkylation sites (tertiary alicyclic amines) is 2. The summed E-state index contributed by atoms with van der Waals surface area (Å²) in [6.07, 6.45) is 9.38. The largest absolute Gasteiger partial charge is 0.489 e. The van der Waals surface area contributed by atoms with Crippen LogP contribution >= 0.6 is 0 Å². The van der Waals surface area contributed by atoms with Crippen LogP contribution in [0.3, 0.4) is 0 Å². The molecule has 2 fully saturated rings. The summed E-state index contributed by atoms with van der Waals surface area (Å²) in [6, 6.07) is 34.2. The predicted molar refractivity (Wildman–Crippen MR) is 211 cm³/mol. The summed E-state index contributed by atoms with van der Waals surface area (Å²) in [6.45, 7) is 2.58. The van der Waals surface area contributed by atoms with Crippen LogP contribution in [0.25, 0.3) is 0 Å². The smallest absolute Gasteiger partial charge is 0.408 e. The minimum absolute atomic E-state index is 0.0176. The third-order valence-corrected chi connectivity index (χ3v) is 9.66. The van der Waals surface area contributed by atoms with Crippen LogP contribution < -0.4 is 20.5 Å². The third kappa shape index (κ3) is 11.6. The number of nitrogens with zero attached hydrogens (tertiary/aromatic N) is 4. The zero-order chi connectivity index (χ0) is 39.0. The molecule has 0 spiro atoms. The van der Waals surface area contributed by atoms with E-state index in [1.54, 1.807) is 29.7 Å². The Balaban J connectivity index is 0.000000202. The molecule has 0 radical (unpaired) electrons. The molecule has 7 rings (SSSR count). The number of hydrogen-bond acceptors (Lipinski definition) is 9. The maximum Gasteiger partial charge on any atom is 0.408 e. The maximum absolute atomic E-state index is 13.4. The molecule has 0 saturated carbocycles. The molecule has 2 atom stereocenters. The SMILES string of the molecule is N[C@@H](C(=O)N1CCC(Oc2cccnc2)CC1)c1ccccc1.O=C(N[C@@H](C(=O)N1CCC(Oc2cccnc2)CC1)c1ccccc1)OCc1ccccc1. The molecule has 2 saturated heterocycles. The van der Waals surface area contributed by atoms with Crippen molar-refractivity contribution < 1.29 is 28.6 Å². The fourth-order valence-corrected chi connectivity index (χ4v) is 6.60. The van der Waals surface area contributed by atoms with Gasteiger partial charge in [0.25, 0.3) is 0 Å². The Hall–Kier alpha value is -6.27. The van der Waals surface area contributed by atoms with Gasteiger partial charge in [-0.15, -0.1) is 0 Å². The van der Waals surface area contributed by atoms with Gasteiger partial charge in [0.2, 0.25) is 11.8 Å². The van der Waals surface area contributed by atoms with Gasteiger partial charge in [0.1, 0.15) is 42.4 Å². The summed E-state index contributed by atoms with van der Waals surface area (Å²) in [4.78, 5) is 50.1. The quantitative estimate of drug-likeness (QED) is 0.159. The maximum atomic E-state index is 13.4. The average molecular weight is 757 g/mol. The number of piperidine rings is 2. The Morgan fingerprint density at radius 2 is 1.09 bits per heavy atom. The lowest BCUT2D eigenvalue weighted by Crippen LogP contribution is -2.47. The van der Waals surface area contributed by atoms with Crippen molar-refractivity contribution >= 4 is 17.9 Å². The molecule has 4 heterocycles. The van der Waals surface area contributed by atoms with Crippen molar-refractivity contribution in [3.8, 4) is 11.5 Å². The van der Waals surface area contributed by atoms with E-state index >= 15 is 0 Å². The van der Waals surface area contributed by atoms with E-state index in [0.29, 0.717) is 44.6 Å². The number of carbonyl (C=O) groups is 3. The second-order valence-electron chi connectivity index (χ2n) is 13.6. The predicted octanol–water partition coefficient (Wildman–Crippen LogP) is 6.27. The van der Waals surface area contributed by atoms with E-state index in [2.05, 4.69) is 15.3 Å². The third-order valence-electron chi connectivity index (χ3n) is 9.66. The van der Waals surface area contributed by atoms with Crippen LogP contribution in [0.2, 0.25) is 0 Å². The van der Waals surface area contributed by atoms with Gasteiger partial charge < -0.3 is 35.1 Å². The summed E-state index contributed by atoms with van der Waals surface area (Å²) < 4.78 is 17.2. The minimum Gasteiger partial charge on any atom is -0.489 e. The van der Waals surface area contributed by atoms with Gasteiger partial charge in [-0.2, -0.15) is 0 Å². The number of nitrogens with two attached hydrogens (primary N) is 1. The van der Waals surface area contributed by atoms with Gasteiger partial charge in [-0.3, -0.25) is 19.6 Å². The Morgan fingerprint density at radius 3 is 1.57 bits per heavy atom. The van der Waals surface area contributed by atoms with Crippen molar-refractivity contribution in [1.82, 2.24) is 25.1 Å². The molecule has 0 unspecified atom stereocenters. The summed E-state index contributed by atoms with van der Waals surface area (Å²) in [5, 5.41) is 2.76. The first-order chi connectivity index (χ1) is 27.4. The lowest BCUT2D eigenvalue weighted by molar-refractivity contribution is -0.135. The van der Waals surface area contributed by atoms with Crippen LogP contribution in [0.5, 0.6) is 11.5 Å². The first-order valence-electron chi connectivity index (χ1n) is 19.0. The molecular weight excluding hydrogens is 709 g/mol. The van der Waals surface area contributed by atoms with Gasteiger partial charge in [0.05, 0.1) is 12.4 Å². The summed E-state index contributed by atoms with van der Waals surface area (Å²) in [5.41, 5.74) is 8.55. The van der Waals surface area contributed by atoms with E-state index in [-0.39, 0.29) is 30.6 Å². The van der Waals surface area contributed by atoms with Gasteiger partial charge in [0, 0.05) is 64.3 Å². The Morgan fingerprint density at radius 1 is 0.625 bits per heavy atom. The molecule has 0 aliphatic carbocycles. The number of ether oxygens (including phenoxy) is 3. The molecule has 290 valence electrons. The summed E-state index contributed by atoms with van der Waals surface area (Å²) in [5.74, 6) is 1.33. The van der Waals surface area contributed by atoms with Gasteiger partial charge in [-0.05, 0) is 41.0 Å². The lowest BCUT2D eigenvalue weighted by atomic mass is 10.0. The van der Waals surface area contributed by atoms with Crippen molar-refractivity contribution in [2.45, 2.75) is 56.6 Å². The zero-order valence-corrected chi connectivity index (χ0v) is 31.3. The molecule has 5 aromatic rings. The molecule has 3 amide bonds. The van der Waals surface area contributed by atoms with Crippen molar-refractivity contribution in [3.63, 3.8) is 0 Å². The average Bonchev–Trinajstić information content (AvgIpc) is 3.26. The van der Waals surface area contributed by atoms with E-state index in [1.807, 2.05) is 120 Å². The number of hydrogen-bond donors (Lipinski definition) is 2. The zero-order valence-electron chi connectivity index (χ0n) is 31.3. The molecule has 12 heteroatoms. The Bertz CT molecular complexity index is 1930. The van der Waals surface area contributed by atoms with Crippen molar-refractivity contribution in [2.75, 3.05) is 26.2 Å². The van der Waals surface area contributed by atoms with Crippen LogP contribution in [-0.4, -0.2) is 76.1 Å². The fourth-order valence-electron chi connectivity index (χ4n) is 6.60. The van der Waals surface area contributed by atoms with Gasteiger partial charge in [-0.1, -0.05) is 91.0 Å². The van der Waals surface area contributed by atoms with Crippen molar-refractivity contribution in [3.05, 3.63) is 157 Å². The van der Waals surface area contributed by atoms with Gasteiger partial charge in [-0.25, -0.2) is 4.79 Å². The molecular formula is C44H48N6O6. The highest BCUT2D eigenvalue weighted by atomic mass is 16.5. The molecule has 2 aliphatic heterocycles. The highest BCUT2D eigenvalue weighted by Gasteiger charge is 2.32. The second-order valence-corrected chi connectivity index (χ2v) is 13.6. The van der Waals surface area contributed by atoms with Crippen LogP contribution in [0, 0.1) is 0 Å². The molecule has 12 nitrogen and oxygen atoms in total. The number of nitrogens with one attached hydrogen (secondary N) is 1. The molecule has 3 aromatic carbocycles. The number of pyridine rings is 2. The highest BCUT2D eigenvalue weighted by molar-refractivity contribution is 5.87. The number of amides is 3. The topological polar surface area (TPSA) is 149 Å². The first-order valence-corrected chi connectivity index (χ1v) is 19.0. The molecule has 0 bridgehead atoms. The molecule has 56 heavy (non-hydrogen) atoms. The molecule has 3 N–H and O–H groups in total. The number of benzene rings is 3. The number of carbonyl (C=O) groups excluding carboxylic acids is 3. The molecule has 2 aliphatic rings. The lowest BCUT2D eigenvalue weighted by Gasteiger charge is -2.34. The Labute approximate surface area is 327 Å². The van der Waals surface area contributed by atoms with Crippen LogP contribution in [0.1, 0.15) is 54.5 Å². The van der Waals surface area contributed by atoms with Crippen LogP contribution in [0.15, 0.2) is 140 Å². The van der Waals surface area contributed by atoms with Crippen LogP contribution in [-0.2, 0) is 20.9 Å². The number of aromatic nitrogens is 2. The minimum atomic E-state index is -0.815. The van der Waals surface area contributed by atoms with E-state index < -0.39 is 18.2 Å². The standard InChI is InChI=1S/C26H27N3O4.C18H21N3O2/c30-25(29-16-13-22(14-17-29)33-23-12-7-15-27-18-23)24(21-10-5-2-6-11-21)28-26(31)32-19-20-8-3-1-4-9-20;19-17(14-5-2-1-3-6-14)18(22)21-11-8-15(9-12-21)23-16-7-4-10-20-13-16/h1-12,15,18,22,24H,13-14,16-17,19H2,(H,28,31);1-7,10,13,15,17H,8-9,11-12,19H2/t24-;17-/m11/s1. The first kappa shape index (κ1) is 39.4.